The van der Waals surface area contributed by atoms with Crippen molar-refractivity contribution in [3.63, 3.8) is 0 Å². The van der Waals surface area contributed by atoms with Crippen LogP contribution in [-0.4, -0.2) is 42.4 Å². The van der Waals surface area contributed by atoms with E-state index in [4.69, 9.17) is 27.9 Å². The molecule has 2 rings (SSSR count). The van der Waals surface area contributed by atoms with Gasteiger partial charge >= 0.3 is 5.97 Å². The van der Waals surface area contributed by atoms with Crippen molar-refractivity contribution < 1.29 is 19.1 Å². The van der Waals surface area contributed by atoms with Gasteiger partial charge in [-0.3, -0.25) is 14.4 Å². The van der Waals surface area contributed by atoms with E-state index in [1.54, 1.807) is 26.0 Å². The number of hydrogen-bond acceptors (Lipinski definition) is 5. The summed E-state index contributed by atoms with van der Waals surface area (Å²) >= 11 is 11.7. The fourth-order valence-electron chi connectivity index (χ4n) is 3.58. The third kappa shape index (κ3) is 5.44. The molecule has 0 saturated heterocycles. The van der Waals surface area contributed by atoms with Crippen LogP contribution in [-0.2, 0) is 14.4 Å². The number of anilines is 1. The molecular weight excluding hydrogens is 425 g/mol. The fraction of sp³-hybridized carbons (Fsp3) is 0.522. The SMILES string of the molecule is CC1=CC(=O)C(C)(C(C)(C)CC(=O)Oc2ccc(N(CCCl)CCCl)cc2)CC1=O. The number of nitrogens with zero attached hydrogens (tertiary/aromatic N) is 1. The molecule has 7 heteroatoms. The van der Waals surface area contributed by atoms with Gasteiger partial charge in [0.25, 0.3) is 0 Å². The maximum Gasteiger partial charge on any atom is 0.311 e. The Bertz CT molecular complexity index is 826. The van der Waals surface area contributed by atoms with E-state index in [2.05, 4.69) is 4.90 Å². The Labute approximate surface area is 188 Å². The van der Waals surface area contributed by atoms with Gasteiger partial charge in [-0.25, -0.2) is 0 Å². The number of ether oxygens (including phenoxy) is 1. The van der Waals surface area contributed by atoms with Gasteiger partial charge < -0.3 is 9.64 Å². The molecule has 0 aliphatic heterocycles. The first-order chi connectivity index (χ1) is 14.0. The molecule has 5 nitrogen and oxygen atoms in total. The van der Waals surface area contributed by atoms with E-state index in [-0.39, 0.29) is 24.4 Å². The van der Waals surface area contributed by atoms with Crippen molar-refractivity contribution in [3.05, 3.63) is 35.9 Å². The van der Waals surface area contributed by atoms with Gasteiger partial charge in [0.1, 0.15) is 5.75 Å². The van der Waals surface area contributed by atoms with Crippen LogP contribution in [0.15, 0.2) is 35.9 Å². The molecule has 0 bridgehead atoms. The minimum absolute atomic E-state index is 0.0157. The Hall–Kier alpha value is -1.85. The zero-order chi connectivity index (χ0) is 22.5. The van der Waals surface area contributed by atoms with Crippen LogP contribution in [0.2, 0.25) is 0 Å². The van der Waals surface area contributed by atoms with Crippen molar-refractivity contribution >= 4 is 46.4 Å². The lowest BCUT2D eigenvalue weighted by Gasteiger charge is -2.43. The van der Waals surface area contributed by atoms with Crippen LogP contribution in [0.3, 0.4) is 0 Å². The molecule has 1 aliphatic carbocycles. The third-order valence-electron chi connectivity index (χ3n) is 6.07. The Morgan fingerprint density at radius 1 is 1.13 bits per heavy atom. The predicted octanol–water partition coefficient (Wildman–Crippen LogP) is 4.79. The Morgan fingerprint density at radius 3 is 2.23 bits per heavy atom. The lowest BCUT2D eigenvalue weighted by molar-refractivity contribution is -0.145. The Kier molecular flexibility index (Phi) is 8.12. The summed E-state index contributed by atoms with van der Waals surface area (Å²) in [5, 5.41) is 0. The summed E-state index contributed by atoms with van der Waals surface area (Å²) in [7, 11) is 0. The monoisotopic (exact) mass is 453 g/mol. The molecule has 1 aromatic carbocycles. The lowest BCUT2D eigenvalue weighted by atomic mass is 9.58. The topological polar surface area (TPSA) is 63.7 Å². The quantitative estimate of drug-likeness (QED) is 0.305. The summed E-state index contributed by atoms with van der Waals surface area (Å²) in [5.41, 5.74) is -0.285. The van der Waals surface area contributed by atoms with Crippen molar-refractivity contribution in [2.75, 3.05) is 29.7 Å². The molecule has 0 aromatic heterocycles. The number of rotatable bonds is 9. The van der Waals surface area contributed by atoms with Gasteiger partial charge in [0.2, 0.25) is 0 Å². The second kappa shape index (κ2) is 9.97. The van der Waals surface area contributed by atoms with Gasteiger partial charge in [0.15, 0.2) is 11.6 Å². The minimum atomic E-state index is -0.948. The number of alkyl halides is 2. The summed E-state index contributed by atoms with van der Waals surface area (Å²) in [4.78, 5) is 39.5. The van der Waals surface area contributed by atoms with Crippen molar-refractivity contribution in [2.24, 2.45) is 10.8 Å². The van der Waals surface area contributed by atoms with E-state index in [0.717, 1.165) is 5.69 Å². The number of carbonyl (C=O) groups excluding carboxylic acids is 3. The van der Waals surface area contributed by atoms with E-state index in [9.17, 15) is 14.4 Å². The van der Waals surface area contributed by atoms with Gasteiger partial charge in [0, 0.05) is 42.4 Å². The van der Waals surface area contributed by atoms with E-state index >= 15 is 0 Å². The molecule has 0 radical (unpaired) electrons. The molecular formula is C23H29Cl2NO4. The van der Waals surface area contributed by atoms with Crippen LogP contribution < -0.4 is 9.64 Å². The summed E-state index contributed by atoms with van der Waals surface area (Å²) in [5.74, 6) is 0.754. The molecule has 0 N–H and O–H groups in total. The van der Waals surface area contributed by atoms with Crippen molar-refractivity contribution in [3.8, 4) is 5.75 Å². The highest BCUT2D eigenvalue weighted by Gasteiger charge is 2.50. The van der Waals surface area contributed by atoms with Gasteiger partial charge in [-0.2, -0.15) is 0 Å². The van der Waals surface area contributed by atoms with Crippen molar-refractivity contribution in [1.29, 1.82) is 0 Å². The Balaban J connectivity index is 2.07. The smallest absolute Gasteiger partial charge is 0.311 e. The zero-order valence-corrected chi connectivity index (χ0v) is 19.5. The highest BCUT2D eigenvalue weighted by atomic mass is 35.5. The number of allylic oxidation sites excluding steroid dienone is 2. The third-order valence-corrected chi connectivity index (χ3v) is 6.41. The van der Waals surface area contributed by atoms with E-state index in [1.807, 2.05) is 26.0 Å². The largest absolute Gasteiger partial charge is 0.427 e. The maximum atomic E-state index is 12.7. The molecule has 1 atom stereocenters. The summed E-state index contributed by atoms with van der Waals surface area (Å²) in [6.45, 7) is 8.38. The number of halogens is 2. The first-order valence-corrected chi connectivity index (χ1v) is 11.0. The normalized spacial score (nSPS) is 19.5. The standard InChI is InChI=1S/C23H29Cl2NO4/c1-16-13-20(28)23(4,14-19(16)27)22(2,3)15-21(29)30-18-7-5-17(6-8-18)26(11-9-24)12-10-25/h5-8,13H,9-12,14-15H2,1-4H3. The van der Waals surface area contributed by atoms with Crippen LogP contribution >= 0.6 is 23.2 Å². The highest BCUT2D eigenvalue weighted by molar-refractivity contribution is 6.18. The average Bonchev–Trinajstić information content (AvgIpc) is 2.66. The first kappa shape index (κ1) is 24.4. The second-order valence-electron chi connectivity index (χ2n) is 8.52. The molecule has 0 heterocycles. The summed E-state index contributed by atoms with van der Waals surface area (Å²) in [6, 6.07) is 7.15. The van der Waals surface area contributed by atoms with Crippen LogP contribution in [0.5, 0.6) is 5.75 Å². The minimum Gasteiger partial charge on any atom is -0.427 e. The van der Waals surface area contributed by atoms with Crippen molar-refractivity contribution in [1.82, 2.24) is 0 Å². The number of benzene rings is 1. The molecule has 0 amide bonds. The summed E-state index contributed by atoms with van der Waals surface area (Å²) in [6.07, 6.45) is 1.51. The van der Waals surface area contributed by atoms with E-state index in [1.165, 1.54) is 6.08 Å². The first-order valence-electron chi connectivity index (χ1n) is 9.97. The molecule has 0 spiro atoms. The molecule has 0 fully saturated rings. The zero-order valence-electron chi connectivity index (χ0n) is 18.0. The molecule has 30 heavy (non-hydrogen) atoms. The van der Waals surface area contributed by atoms with Gasteiger partial charge in [-0.15, -0.1) is 23.2 Å². The average molecular weight is 454 g/mol. The van der Waals surface area contributed by atoms with Crippen LogP contribution in [0, 0.1) is 10.8 Å². The number of hydrogen-bond donors (Lipinski definition) is 0. The van der Waals surface area contributed by atoms with Crippen LogP contribution in [0.1, 0.15) is 40.5 Å². The number of esters is 1. The second-order valence-corrected chi connectivity index (χ2v) is 9.27. The van der Waals surface area contributed by atoms with Gasteiger partial charge in [-0.1, -0.05) is 20.8 Å². The number of Topliss-reactive ketones (excluding diaryl/α,β-unsaturated/α-hetero) is 1. The molecule has 0 saturated carbocycles. The van der Waals surface area contributed by atoms with Gasteiger partial charge in [-0.05, 0) is 48.3 Å². The maximum absolute atomic E-state index is 12.7. The molecule has 1 aliphatic rings. The van der Waals surface area contributed by atoms with Crippen LogP contribution in [0.25, 0.3) is 0 Å². The number of carbonyl (C=O) groups is 3. The highest BCUT2D eigenvalue weighted by Crippen LogP contribution is 2.48. The van der Waals surface area contributed by atoms with Crippen molar-refractivity contribution in [2.45, 2.75) is 40.5 Å². The van der Waals surface area contributed by atoms with E-state index in [0.29, 0.717) is 36.2 Å². The molecule has 1 aromatic rings. The van der Waals surface area contributed by atoms with Crippen LogP contribution in [0.4, 0.5) is 5.69 Å². The molecule has 1 unspecified atom stereocenters. The Morgan fingerprint density at radius 2 is 1.70 bits per heavy atom. The predicted molar refractivity (Wildman–Crippen MR) is 121 cm³/mol. The summed E-state index contributed by atoms with van der Waals surface area (Å²) < 4.78 is 5.50. The fourth-order valence-corrected chi connectivity index (χ4v) is 3.99. The molecule has 164 valence electrons. The number of ketones is 2. The lowest BCUT2D eigenvalue weighted by Crippen LogP contribution is -2.47. The van der Waals surface area contributed by atoms with Gasteiger partial charge in [0.05, 0.1) is 6.42 Å². The van der Waals surface area contributed by atoms with E-state index < -0.39 is 16.8 Å².